The van der Waals surface area contributed by atoms with E-state index in [2.05, 4.69) is 32.6 Å². The number of carbonyl (C=O) groups is 1. The zero-order chi connectivity index (χ0) is 15.1. The van der Waals surface area contributed by atoms with Gasteiger partial charge in [-0.1, -0.05) is 27.7 Å². The van der Waals surface area contributed by atoms with Gasteiger partial charge in [0.05, 0.1) is 5.69 Å². The minimum absolute atomic E-state index is 0.304. The minimum atomic E-state index is -0.304. The van der Waals surface area contributed by atoms with Gasteiger partial charge in [0.2, 0.25) is 0 Å². The first-order valence-corrected chi connectivity index (χ1v) is 7.43. The van der Waals surface area contributed by atoms with Gasteiger partial charge in [0.15, 0.2) is 0 Å². The quantitative estimate of drug-likeness (QED) is 0.651. The summed E-state index contributed by atoms with van der Waals surface area (Å²) in [6.07, 6.45) is 2.75. The Morgan fingerprint density at radius 2 is 1.65 bits per heavy atom. The fourth-order valence-electron chi connectivity index (χ4n) is 2.03. The van der Waals surface area contributed by atoms with E-state index in [0.29, 0.717) is 29.4 Å². The van der Waals surface area contributed by atoms with Crippen molar-refractivity contribution in [1.82, 2.24) is 0 Å². The standard InChI is InChI=1S/C17H26FNO/c1-13(2)7-9-19(10-8-14(3)4)17-6-5-15(12-20)11-16(17)18/h5-6,11-14H,7-10H2,1-4H3. The molecule has 0 amide bonds. The number of anilines is 1. The van der Waals surface area contributed by atoms with Gasteiger partial charge in [0, 0.05) is 18.7 Å². The fourth-order valence-corrected chi connectivity index (χ4v) is 2.03. The van der Waals surface area contributed by atoms with Crippen LogP contribution in [0.5, 0.6) is 0 Å². The van der Waals surface area contributed by atoms with Gasteiger partial charge in [0.25, 0.3) is 0 Å². The van der Waals surface area contributed by atoms with Gasteiger partial charge >= 0.3 is 0 Å². The maximum atomic E-state index is 14.1. The first-order valence-electron chi connectivity index (χ1n) is 7.43. The highest BCUT2D eigenvalue weighted by molar-refractivity contribution is 5.76. The molecular formula is C17H26FNO. The molecule has 0 N–H and O–H groups in total. The van der Waals surface area contributed by atoms with E-state index in [-0.39, 0.29) is 5.82 Å². The van der Waals surface area contributed by atoms with E-state index in [1.54, 1.807) is 12.1 Å². The molecular weight excluding hydrogens is 253 g/mol. The Balaban J connectivity index is 2.87. The van der Waals surface area contributed by atoms with Crippen molar-refractivity contribution in [3.8, 4) is 0 Å². The van der Waals surface area contributed by atoms with Crippen molar-refractivity contribution >= 4 is 12.0 Å². The summed E-state index contributed by atoms with van der Waals surface area (Å²) in [5.74, 6) is 0.879. The molecule has 1 aromatic rings. The summed E-state index contributed by atoms with van der Waals surface area (Å²) in [6, 6.07) is 4.73. The molecule has 0 bridgehead atoms. The molecule has 0 aliphatic heterocycles. The molecule has 112 valence electrons. The average molecular weight is 279 g/mol. The second-order valence-corrected chi connectivity index (χ2v) is 6.18. The fraction of sp³-hybridized carbons (Fsp3) is 0.588. The topological polar surface area (TPSA) is 20.3 Å². The molecule has 0 aliphatic rings. The van der Waals surface area contributed by atoms with Gasteiger partial charge in [-0.25, -0.2) is 4.39 Å². The lowest BCUT2D eigenvalue weighted by Gasteiger charge is -2.27. The van der Waals surface area contributed by atoms with E-state index in [1.807, 2.05) is 0 Å². The molecule has 1 rings (SSSR count). The van der Waals surface area contributed by atoms with Crippen LogP contribution in [0, 0.1) is 17.7 Å². The van der Waals surface area contributed by atoms with Crippen LogP contribution in [-0.2, 0) is 0 Å². The Labute approximate surface area is 122 Å². The van der Waals surface area contributed by atoms with E-state index in [1.165, 1.54) is 6.07 Å². The molecule has 20 heavy (non-hydrogen) atoms. The zero-order valence-electron chi connectivity index (χ0n) is 13.0. The predicted molar refractivity (Wildman–Crippen MR) is 82.9 cm³/mol. The lowest BCUT2D eigenvalue weighted by atomic mass is 10.1. The third kappa shape index (κ3) is 5.32. The van der Waals surface area contributed by atoms with Crippen molar-refractivity contribution in [3.63, 3.8) is 0 Å². The monoisotopic (exact) mass is 279 g/mol. The molecule has 0 heterocycles. The summed E-state index contributed by atoms with van der Waals surface area (Å²) >= 11 is 0. The normalized spacial score (nSPS) is 11.2. The van der Waals surface area contributed by atoms with Crippen LogP contribution in [-0.4, -0.2) is 19.4 Å². The maximum Gasteiger partial charge on any atom is 0.150 e. The third-order valence-electron chi connectivity index (χ3n) is 3.40. The molecule has 0 atom stereocenters. The smallest absolute Gasteiger partial charge is 0.150 e. The molecule has 2 nitrogen and oxygen atoms in total. The van der Waals surface area contributed by atoms with E-state index < -0.39 is 0 Å². The molecule has 0 aliphatic carbocycles. The number of hydrogen-bond donors (Lipinski definition) is 0. The lowest BCUT2D eigenvalue weighted by molar-refractivity contribution is 0.112. The van der Waals surface area contributed by atoms with Gasteiger partial charge in [-0.05, 0) is 42.9 Å². The lowest BCUT2D eigenvalue weighted by Crippen LogP contribution is -2.28. The summed E-state index contributed by atoms with van der Waals surface area (Å²) in [6.45, 7) is 10.4. The number of carbonyl (C=O) groups excluding carboxylic acids is 1. The van der Waals surface area contributed by atoms with Crippen molar-refractivity contribution in [2.24, 2.45) is 11.8 Å². The van der Waals surface area contributed by atoms with E-state index in [4.69, 9.17) is 0 Å². The van der Waals surface area contributed by atoms with Crippen molar-refractivity contribution in [2.75, 3.05) is 18.0 Å². The van der Waals surface area contributed by atoms with Crippen LogP contribution >= 0.6 is 0 Å². The molecule has 0 unspecified atom stereocenters. The van der Waals surface area contributed by atoms with Crippen LogP contribution in [0.25, 0.3) is 0 Å². The largest absolute Gasteiger partial charge is 0.369 e. The van der Waals surface area contributed by atoms with Gasteiger partial charge < -0.3 is 4.90 Å². The van der Waals surface area contributed by atoms with Crippen LogP contribution in [0.3, 0.4) is 0 Å². The van der Waals surface area contributed by atoms with Gasteiger partial charge in [0.1, 0.15) is 12.1 Å². The van der Waals surface area contributed by atoms with Crippen LogP contribution in [0.4, 0.5) is 10.1 Å². The van der Waals surface area contributed by atoms with Crippen molar-refractivity contribution in [1.29, 1.82) is 0 Å². The second kappa shape index (κ2) is 8.03. The molecule has 0 aromatic heterocycles. The highest BCUT2D eigenvalue weighted by atomic mass is 19.1. The molecule has 3 heteroatoms. The van der Waals surface area contributed by atoms with Crippen LogP contribution in [0.1, 0.15) is 50.9 Å². The van der Waals surface area contributed by atoms with E-state index in [9.17, 15) is 9.18 Å². The third-order valence-corrected chi connectivity index (χ3v) is 3.40. The van der Waals surface area contributed by atoms with Gasteiger partial charge in [-0.3, -0.25) is 4.79 Å². The van der Waals surface area contributed by atoms with Crippen molar-refractivity contribution in [2.45, 2.75) is 40.5 Å². The van der Waals surface area contributed by atoms with Crippen LogP contribution in [0.15, 0.2) is 18.2 Å². The Kier molecular flexibility index (Phi) is 6.69. The summed E-state index contributed by atoms with van der Waals surface area (Å²) < 4.78 is 14.1. The highest BCUT2D eigenvalue weighted by Crippen LogP contribution is 2.22. The first kappa shape index (κ1) is 16.7. The van der Waals surface area contributed by atoms with Crippen molar-refractivity contribution < 1.29 is 9.18 Å². The Morgan fingerprint density at radius 3 is 2.05 bits per heavy atom. The number of nitrogens with zero attached hydrogens (tertiary/aromatic N) is 1. The van der Waals surface area contributed by atoms with Crippen LogP contribution in [0.2, 0.25) is 0 Å². The number of hydrogen-bond acceptors (Lipinski definition) is 2. The Hall–Kier alpha value is -1.38. The van der Waals surface area contributed by atoms with Crippen molar-refractivity contribution in [3.05, 3.63) is 29.6 Å². The Morgan fingerprint density at radius 1 is 1.10 bits per heavy atom. The SMILES string of the molecule is CC(C)CCN(CCC(C)C)c1ccc(C=O)cc1F. The molecule has 0 radical (unpaired) electrons. The molecule has 0 saturated heterocycles. The summed E-state index contributed by atoms with van der Waals surface area (Å²) in [4.78, 5) is 12.8. The van der Waals surface area contributed by atoms with E-state index >= 15 is 0 Å². The number of rotatable bonds is 8. The Bertz CT molecular complexity index is 417. The highest BCUT2D eigenvalue weighted by Gasteiger charge is 2.13. The molecule has 0 fully saturated rings. The van der Waals surface area contributed by atoms with Gasteiger partial charge in [-0.2, -0.15) is 0 Å². The molecule has 0 spiro atoms. The van der Waals surface area contributed by atoms with E-state index in [0.717, 1.165) is 25.9 Å². The number of halogens is 1. The average Bonchev–Trinajstić information content (AvgIpc) is 2.39. The summed E-state index contributed by atoms with van der Waals surface area (Å²) in [7, 11) is 0. The summed E-state index contributed by atoms with van der Waals surface area (Å²) in [5.41, 5.74) is 0.996. The summed E-state index contributed by atoms with van der Waals surface area (Å²) in [5, 5.41) is 0. The minimum Gasteiger partial charge on any atom is -0.369 e. The molecule has 1 aromatic carbocycles. The number of aldehydes is 1. The predicted octanol–water partition coefficient (Wildman–Crippen LogP) is 4.54. The zero-order valence-corrected chi connectivity index (χ0v) is 13.0. The maximum absolute atomic E-state index is 14.1. The van der Waals surface area contributed by atoms with Crippen LogP contribution < -0.4 is 4.90 Å². The second-order valence-electron chi connectivity index (χ2n) is 6.18. The number of benzene rings is 1. The molecule has 0 saturated carbocycles. The van der Waals surface area contributed by atoms with Gasteiger partial charge in [-0.15, -0.1) is 0 Å². The first-order chi connectivity index (χ1) is 9.43.